The molecule has 0 amide bonds. The van der Waals surface area contributed by atoms with Gasteiger partial charge < -0.3 is 5.73 Å². The quantitative estimate of drug-likeness (QED) is 0.751. The van der Waals surface area contributed by atoms with Crippen molar-refractivity contribution in [1.29, 1.82) is 0 Å². The van der Waals surface area contributed by atoms with Gasteiger partial charge in [-0.3, -0.25) is 9.08 Å². The molecule has 0 aliphatic carbocycles. The summed E-state index contributed by atoms with van der Waals surface area (Å²) in [5.74, 6) is 0.627. The molecule has 0 unspecified atom stereocenters. The number of pyridine rings is 1. The highest BCUT2D eigenvalue weighted by molar-refractivity contribution is 9.10. The number of aromatic nitrogens is 4. The molecular formula is C12H12BrN5. The van der Waals surface area contributed by atoms with E-state index in [-0.39, 0.29) is 0 Å². The van der Waals surface area contributed by atoms with Crippen LogP contribution in [0.15, 0.2) is 29.0 Å². The van der Waals surface area contributed by atoms with Crippen molar-refractivity contribution >= 4 is 27.4 Å². The number of anilines is 1. The molecule has 0 fully saturated rings. The number of halogens is 1. The minimum atomic E-state index is 0.627. The molecular weight excluding hydrogens is 294 g/mol. The lowest BCUT2D eigenvalue weighted by Gasteiger charge is -1.99. The molecule has 2 N–H and O–H groups in total. The summed E-state index contributed by atoms with van der Waals surface area (Å²) in [5.41, 5.74) is 9.75. The van der Waals surface area contributed by atoms with E-state index in [1.54, 1.807) is 6.20 Å². The Bertz CT molecular complexity index is 740. The molecule has 6 heteroatoms. The number of nitrogens with zero attached hydrogens (tertiary/aromatic N) is 4. The fraction of sp³-hybridized carbons (Fsp3) is 0.167. The van der Waals surface area contributed by atoms with E-state index in [1.165, 1.54) is 0 Å². The zero-order valence-electron chi connectivity index (χ0n) is 10.1. The highest BCUT2D eigenvalue weighted by atomic mass is 79.9. The first-order chi connectivity index (χ1) is 8.59. The van der Waals surface area contributed by atoms with Gasteiger partial charge in [-0.1, -0.05) is 0 Å². The Labute approximate surface area is 112 Å². The predicted molar refractivity (Wildman–Crippen MR) is 74.2 cm³/mol. The molecule has 92 valence electrons. The number of hydrogen-bond acceptors (Lipinski definition) is 3. The number of aryl methyl sites for hydroxylation is 1. The van der Waals surface area contributed by atoms with E-state index in [2.05, 4.69) is 26.0 Å². The highest BCUT2D eigenvalue weighted by Crippen LogP contribution is 2.30. The molecule has 0 spiro atoms. The van der Waals surface area contributed by atoms with Gasteiger partial charge in [0.2, 0.25) is 0 Å². The van der Waals surface area contributed by atoms with E-state index in [0.717, 1.165) is 27.1 Å². The number of hydrogen-bond donors (Lipinski definition) is 1. The van der Waals surface area contributed by atoms with Crippen LogP contribution < -0.4 is 5.73 Å². The van der Waals surface area contributed by atoms with E-state index in [1.807, 2.05) is 41.4 Å². The lowest BCUT2D eigenvalue weighted by Crippen LogP contribution is -1.95. The third-order valence-electron chi connectivity index (χ3n) is 3.13. The fourth-order valence-electron chi connectivity index (χ4n) is 1.98. The van der Waals surface area contributed by atoms with Gasteiger partial charge in [0, 0.05) is 24.5 Å². The van der Waals surface area contributed by atoms with Crippen LogP contribution in [0.2, 0.25) is 0 Å². The van der Waals surface area contributed by atoms with Crippen molar-refractivity contribution in [2.75, 3.05) is 5.73 Å². The van der Waals surface area contributed by atoms with Gasteiger partial charge in [-0.2, -0.15) is 5.10 Å². The fourth-order valence-corrected chi connectivity index (χ4v) is 2.41. The molecule has 3 heterocycles. The Morgan fingerprint density at radius 3 is 2.78 bits per heavy atom. The molecule has 0 bridgehead atoms. The Morgan fingerprint density at radius 2 is 2.17 bits per heavy atom. The van der Waals surface area contributed by atoms with Gasteiger partial charge in [0.1, 0.15) is 11.5 Å². The summed E-state index contributed by atoms with van der Waals surface area (Å²) < 4.78 is 4.60. The zero-order valence-corrected chi connectivity index (χ0v) is 11.6. The summed E-state index contributed by atoms with van der Waals surface area (Å²) in [5, 5.41) is 4.23. The maximum Gasteiger partial charge on any atom is 0.153 e. The van der Waals surface area contributed by atoms with E-state index in [9.17, 15) is 0 Å². The smallest absolute Gasteiger partial charge is 0.153 e. The van der Waals surface area contributed by atoms with Crippen LogP contribution in [0.5, 0.6) is 0 Å². The minimum Gasteiger partial charge on any atom is -0.383 e. The maximum absolute atomic E-state index is 6.16. The highest BCUT2D eigenvalue weighted by Gasteiger charge is 2.16. The van der Waals surface area contributed by atoms with Crippen molar-refractivity contribution < 1.29 is 0 Å². The topological polar surface area (TPSA) is 61.1 Å². The van der Waals surface area contributed by atoms with Crippen LogP contribution >= 0.6 is 15.9 Å². The lowest BCUT2D eigenvalue weighted by atomic mass is 10.2. The summed E-state index contributed by atoms with van der Waals surface area (Å²) in [6.45, 7) is 2.00. The molecule has 0 aromatic carbocycles. The van der Waals surface area contributed by atoms with Crippen LogP contribution in [-0.4, -0.2) is 19.2 Å². The Kier molecular flexibility index (Phi) is 2.41. The van der Waals surface area contributed by atoms with Crippen molar-refractivity contribution in [3.8, 4) is 11.3 Å². The third-order valence-corrected chi connectivity index (χ3v) is 3.75. The molecule has 0 saturated heterocycles. The van der Waals surface area contributed by atoms with Crippen molar-refractivity contribution in [1.82, 2.24) is 19.2 Å². The molecule has 0 aliphatic heterocycles. The molecule has 3 rings (SSSR count). The van der Waals surface area contributed by atoms with E-state index in [0.29, 0.717) is 5.82 Å². The van der Waals surface area contributed by atoms with Crippen LogP contribution in [0.3, 0.4) is 0 Å². The van der Waals surface area contributed by atoms with E-state index in [4.69, 9.17) is 5.73 Å². The first-order valence-electron chi connectivity index (χ1n) is 5.50. The van der Waals surface area contributed by atoms with Gasteiger partial charge in [-0.25, -0.2) is 4.98 Å². The second-order valence-corrected chi connectivity index (χ2v) is 5.02. The number of nitrogen functional groups attached to an aromatic ring is 1. The predicted octanol–water partition coefficient (Wildman–Crippen LogP) is 2.39. The molecule has 18 heavy (non-hydrogen) atoms. The zero-order chi connectivity index (χ0) is 12.9. The van der Waals surface area contributed by atoms with Crippen LogP contribution in [0.25, 0.3) is 16.9 Å². The first kappa shape index (κ1) is 11.3. The largest absolute Gasteiger partial charge is 0.383 e. The molecule has 0 aliphatic rings. The van der Waals surface area contributed by atoms with Gasteiger partial charge in [0.05, 0.1) is 10.7 Å². The average Bonchev–Trinajstić information content (AvgIpc) is 2.84. The molecule has 0 atom stereocenters. The molecule has 5 nitrogen and oxygen atoms in total. The van der Waals surface area contributed by atoms with E-state index < -0.39 is 0 Å². The van der Waals surface area contributed by atoms with Gasteiger partial charge >= 0.3 is 0 Å². The van der Waals surface area contributed by atoms with Gasteiger partial charge in [-0.05, 0) is 35.0 Å². The minimum absolute atomic E-state index is 0.627. The van der Waals surface area contributed by atoms with Crippen LogP contribution in [0.1, 0.15) is 5.69 Å². The van der Waals surface area contributed by atoms with E-state index >= 15 is 0 Å². The lowest BCUT2D eigenvalue weighted by molar-refractivity contribution is 0.740. The second-order valence-electron chi connectivity index (χ2n) is 4.16. The SMILES string of the molecule is Cc1c(-c2nc3c(Br)cccn3c2N)cnn1C. The van der Waals surface area contributed by atoms with Crippen molar-refractivity contribution in [3.63, 3.8) is 0 Å². The summed E-state index contributed by atoms with van der Waals surface area (Å²) in [7, 11) is 1.90. The molecule has 0 saturated carbocycles. The Morgan fingerprint density at radius 1 is 1.39 bits per heavy atom. The first-order valence-corrected chi connectivity index (χ1v) is 6.30. The second kappa shape index (κ2) is 3.84. The van der Waals surface area contributed by atoms with Crippen LogP contribution in [0, 0.1) is 6.92 Å². The summed E-state index contributed by atoms with van der Waals surface area (Å²) in [4.78, 5) is 4.59. The van der Waals surface area contributed by atoms with Gasteiger partial charge in [0.25, 0.3) is 0 Å². The number of nitrogens with two attached hydrogens (primary N) is 1. The number of imidazole rings is 1. The summed E-state index contributed by atoms with van der Waals surface area (Å²) in [6, 6.07) is 3.87. The number of fused-ring (bicyclic) bond motifs is 1. The molecule has 0 radical (unpaired) electrons. The normalized spacial score (nSPS) is 11.3. The average molecular weight is 306 g/mol. The molecule has 3 aromatic heterocycles. The number of rotatable bonds is 1. The van der Waals surface area contributed by atoms with Crippen LogP contribution in [-0.2, 0) is 7.05 Å². The molecule has 3 aromatic rings. The van der Waals surface area contributed by atoms with Crippen molar-refractivity contribution in [2.45, 2.75) is 6.92 Å². The van der Waals surface area contributed by atoms with Gasteiger partial charge in [0.15, 0.2) is 5.65 Å². The van der Waals surface area contributed by atoms with Crippen molar-refractivity contribution in [2.24, 2.45) is 7.05 Å². The Balaban J connectivity index is 2.34. The summed E-state index contributed by atoms with van der Waals surface area (Å²) in [6.07, 6.45) is 3.69. The maximum atomic E-state index is 6.16. The van der Waals surface area contributed by atoms with Crippen LogP contribution in [0.4, 0.5) is 5.82 Å². The van der Waals surface area contributed by atoms with Crippen molar-refractivity contribution in [3.05, 3.63) is 34.7 Å². The third kappa shape index (κ3) is 1.45. The standard InChI is InChI=1S/C12H12BrN5/c1-7-8(6-15-17(7)2)10-11(14)18-5-3-4-9(13)12(18)16-10/h3-6H,14H2,1-2H3. The monoisotopic (exact) mass is 305 g/mol. The Hall–Kier alpha value is -1.82. The summed E-state index contributed by atoms with van der Waals surface area (Å²) >= 11 is 3.48. The van der Waals surface area contributed by atoms with Gasteiger partial charge in [-0.15, -0.1) is 0 Å².